The Morgan fingerprint density at radius 2 is 1.92 bits per heavy atom. The van der Waals surface area contributed by atoms with Crippen LogP contribution in [0.4, 0.5) is 0 Å². The Morgan fingerprint density at radius 1 is 1.25 bits per heavy atom. The molecule has 128 valence electrons. The summed E-state index contributed by atoms with van der Waals surface area (Å²) in [5, 5.41) is 11.8. The Bertz CT molecular complexity index is 720. The first-order valence-electron chi connectivity index (χ1n) is 7.81. The molecule has 24 heavy (non-hydrogen) atoms. The Balaban J connectivity index is 1.93. The lowest BCUT2D eigenvalue weighted by molar-refractivity contribution is -0.147. The van der Waals surface area contributed by atoms with Gasteiger partial charge in [-0.25, -0.2) is 4.98 Å². The monoisotopic (exact) mass is 330 g/mol. The molecule has 1 aromatic heterocycles. The van der Waals surface area contributed by atoms with Crippen LogP contribution in [0.15, 0.2) is 34.7 Å². The molecule has 0 saturated heterocycles. The van der Waals surface area contributed by atoms with Crippen LogP contribution in [0.2, 0.25) is 0 Å². The molecule has 0 fully saturated rings. The zero-order valence-corrected chi connectivity index (χ0v) is 14.1. The van der Waals surface area contributed by atoms with Crippen LogP contribution in [0.1, 0.15) is 31.7 Å². The van der Waals surface area contributed by atoms with Crippen molar-refractivity contribution < 1.29 is 19.1 Å². The van der Waals surface area contributed by atoms with Crippen molar-refractivity contribution in [3.05, 3.63) is 41.8 Å². The predicted molar refractivity (Wildman–Crippen MR) is 89.4 cm³/mol. The molecule has 0 radical (unpaired) electrons. The van der Waals surface area contributed by atoms with E-state index in [2.05, 4.69) is 10.3 Å². The summed E-state index contributed by atoms with van der Waals surface area (Å²) in [4.78, 5) is 27.4. The number of carbonyl (C=O) groups is 2. The van der Waals surface area contributed by atoms with Crippen molar-refractivity contribution in [2.75, 3.05) is 6.54 Å². The fourth-order valence-electron chi connectivity index (χ4n) is 2.13. The molecule has 2 aromatic rings. The van der Waals surface area contributed by atoms with Gasteiger partial charge in [0.05, 0.1) is 17.5 Å². The van der Waals surface area contributed by atoms with Gasteiger partial charge in [-0.2, -0.15) is 0 Å². The van der Waals surface area contributed by atoms with Crippen LogP contribution < -0.4 is 5.32 Å². The molecule has 0 aliphatic carbocycles. The van der Waals surface area contributed by atoms with E-state index in [0.29, 0.717) is 30.3 Å². The van der Waals surface area contributed by atoms with Crippen LogP contribution >= 0.6 is 0 Å². The minimum Gasteiger partial charge on any atom is -0.481 e. The Hall–Kier alpha value is -2.63. The topological polar surface area (TPSA) is 92.4 Å². The standard InChI is InChI=1S/C18H22N2O4/c1-12-14(20-16(24-12)13-7-5-4-6-8-13)11-15(21)19-10-9-18(2,3)17(22)23/h4-8H,9-11H2,1-3H3,(H,19,21)(H,22,23). The van der Waals surface area contributed by atoms with Gasteiger partial charge in [0, 0.05) is 12.1 Å². The summed E-state index contributed by atoms with van der Waals surface area (Å²) in [6.07, 6.45) is 0.469. The number of oxazole rings is 1. The highest BCUT2D eigenvalue weighted by Crippen LogP contribution is 2.22. The van der Waals surface area contributed by atoms with Gasteiger partial charge < -0.3 is 14.8 Å². The van der Waals surface area contributed by atoms with Gasteiger partial charge in [0.15, 0.2) is 0 Å². The smallest absolute Gasteiger partial charge is 0.309 e. The van der Waals surface area contributed by atoms with E-state index in [1.54, 1.807) is 20.8 Å². The summed E-state index contributed by atoms with van der Waals surface area (Å²) in [5.74, 6) is 0.0153. The van der Waals surface area contributed by atoms with Gasteiger partial charge in [-0.3, -0.25) is 9.59 Å². The first kappa shape index (κ1) is 17.7. The number of hydrogen-bond donors (Lipinski definition) is 2. The summed E-state index contributed by atoms with van der Waals surface area (Å²) in [6.45, 7) is 5.35. The van der Waals surface area contributed by atoms with Gasteiger partial charge in [-0.05, 0) is 39.3 Å². The molecule has 6 nitrogen and oxygen atoms in total. The zero-order valence-electron chi connectivity index (χ0n) is 14.1. The molecule has 0 spiro atoms. The molecule has 0 saturated carbocycles. The quantitative estimate of drug-likeness (QED) is 0.814. The molecule has 1 aromatic carbocycles. The predicted octanol–water partition coefficient (Wildman–Crippen LogP) is 2.81. The maximum atomic E-state index is 12.0. The van der Waals surface area contributed by atoms with E-state index in [1.807, 2.05) is 30.3 Å². The van der Waals surface area contributed by atoms with Crippen molar-refractivity contribution >= 4 is 11.9 Å². The Morgan fingerprint density at radius 3 is 2.54 bits per heavy atom. The molecule has 1 amide bonds. The summed E-state index contributed by atoms with van der Waals surface area (Å²) in [6, 6.07) is 9.48. The molecular weight excluding hydrogens is 308 g/mol. The minimum atomic E-state index is -0.878. The van der Waals surface area contributed by atoms with Crippen LogP contribution in [-0.2, 0) is 16.0 Å². The Labute approximate surface area is 140 Å². The molecule has 6 heteroatoms. The highest BCUT2D eigenvalue weighted by atomic mass is 16.4. The third kappa shape index (κ3) is 4.44. The molecule has 0 bridgehead atoms. The second-order valence-corrected chi connectivity index (χ2v) is 6.35. The van der Waals surface area contributed by atoms with Gasteiger partial charge >= 0.3 is 5.97 Å². The molecule has 0 unspecified atom stereocenters. The number of aliphatic carboxylic acids is 1. The molecule has 0 atom stereocenters. The van der Waals surface area contributed by atoms with E-state index in [-0.39, 0.29) is 12.3 Å². The molecule has 2 rings (SSSR count). The second-order valence-electron chi connectivity index (χ2n) is 6.35. The fourth-order valence-corrected chi connectivity index (χ4v) is 2.13. The number of aryl methyl sites for hydroxylation is 1. The lowest BCUT2D eigenvalue weighted by Crippen LogP contribution is -2.32. The van der Waals surface area contributed by atoms with Crippen molar-refractivity contribution in [1.82, 2.24) is 10.3 Å². The molecule has 1 heterocycles. The highest BCUT2D eigenvalue weighted by Gasteiger charge is 2.26. The summed E-state index contributed by atoms with van der Waals surface area (Å²) in [7, 11) is 0. The van der Waals surface area contributed by atoms with Crippen molar-refractivity contribution in [2.45, 2.75) is 33.6 Å². The summed E-state index contributed by atoms with van der Waals surface area (Å²) < 4.78 is 5.62. The summed E-state index contributed by atoms with van der Waals surface area (Å²) >= 11 is 0. The van der Waals surface area contributed by atoms with Crippen LogP contribution in [0.25, 0.3) is 11.5 Å². The minimum absolute atomic E-state index is 0.107. The van der Waals surface area contributed by atoms with Gasteiger partial charge in [0.25, 0.3) is 0 Å². The lowest BCUT2D eigenvalue weighted by atomic mass is 9.90. The number of carboxylic acids is 1. The van der Waals surface area contributed by atoms with Gasteiger partial charge in [-0.1, -0.05) is 18.2 Å². The number of nitrogens with zero attached hydrogens (tertiary/aromatic N) is 1. The normalized spacial score (nSPS) is 11.3. The number of carboxylic acid groups (broad SMARTS) is 1. The van der Waals surface area contributed by atoms with E-state index in [1.165, 1.54) is 0 Å². The average Bonchev–Trinajstić information content (AvgIpc) is 2.89. The zero-order chi connectivity index (χ0) is 17.7. The van der Waals surface area contributed by atoms with Gasteiger partial charge in [-0.15, -0.1) is 0 Å². The first-order chi connectivity index (χ1) is 11.3. The second kappa shape index (κ2) is 7.29. The van der Waals surface area contributed by atoms with E-state index in [4.69, 9.17) is 9.52 Å². The molecular formula is C18H22N2O4. The van der Waals surface area contributed by atoms with Crippen molar-refractivity contribution in [3.8, 4) is 11.5 Å². The van der Waals surface area contributed by atoms with E-state index < -0.39 is 11.4 Å². The molecule has 2 N–H and O–H groups in total. The van der Waals surface area contributed by atoms with Crippen LogP contribution in [-0.4, -0.2) is 28.5 Å². The molecule has 0 aliphatic heterocycles. The Kier molecular flexibility index (Phi) is 5.39. The van der Waals surface area contributed by atoms with E-state index in [9.17, 15) is 9.59 Å². The van der Waals surface area contributed by atoms with Crippen LogP contribution in [0, 0.1) is 12.3 Å². The largest absolute Gasteiger partial charge is 0.481 e. The van der Waals surface area contributed by atoms with Crippen LogP contribution in [0.3, 0.4) is 0 Å². The van der Waals surface area contributed by atoms with Gasteiger partial charge in [0.1, 0.15) is 5.76 Å². The number of hydrogen-bond acceptors (Lipinski definition) is 4. The third-order valence-corrected chi connectivity index (χ3v) is 3.89. The third-order valence-electron chi connectivity index (χ3n) is 3.89. The number of rotatable bonds is 7. The lowest BCUT2D eigenvalue weighted by Gasteiger charge is -2.18. The number of nitrogens with one attached hydrogen (secondary N) is 1. The van der Waals surface area contributed by atoms with Crippen molar-refractivity contribution in [1.29, 1.82) is 0 Å². The number of benzene rings is 1. The summed E-state index contributed by atoms with van der Waals surface area (Å²) in [5.41, 5.74) is 0.580. The average molecular weight is 330 g/mol. The number of carbonyl (C=O) groups excluding carboxylic acids is 1. The van der Waals surface area contributed by atoms with Gasteiger partial charge in [0.2, 0.25) is 11.8 Å². The van der Waals surface area contributed by atoms with E-state index >= 15 is 0 Å². The maximum Gasteiger partial charge on any atom is 0.309 e. The van der Waals surface area contributed by atoms with Crippen molar-refractivity contribution in [2.24, 2.45) is 5.41 Å². The van der Waals surface area contributed by atoms with E-state index in [0.717, 1.165) is 5.56 Å². The maximum absolute atomic E-state index is 12.0. The number of aromatic nitrogens is 1. The first-order valence-corrected chi connectivity index (χ1v) is 7.81. The SMILES string of the molecule is Cc1oc(-c2ccccc2)nc1CC(=O)NCCC(C)(C)C(=O)O. The van der Waals surface area contributed by atoms with Crippen molar-refractivity contribution in [3.63, 3.8) is 0 Å². The molecule has 0 aliphatic rings. The number of amides is 1. The fraction of sp³-hybridized carbons (Fsp3) is 0.389. The van der Waals surface area contributed by atoms with Crippen LogP contribution in [0.5, 0.6) is 0 Å². The highest BCUT2D eigenvalue weighted by molar-refractivity contribution is 5.78.